The van der Waals surface area contributed by atoms with Crippen LogP contribution in [0.1, 0.15) is 42.9 Å². The topological polar surface area (TPSA) is 66.9 Å². The number of nitrogens with one attached hydrogen (secondary N) is 2. The van der Waals surface area contributed by atoms with Gasteiger partial charge in [0.15, 0.2) is 0 Å². The lowest BCUT2D eigenvalue weighted by Crippen LogP contribution is -2.28. The molecular weight excluding hydrogens is 248 g/mol. The van der Waals surface area contributed by atoms with E-state index < -0.39 is 0 Å². The van der Waals surface area contributed by atoms with Crippen LogP contribution in [0.4, 0.5) is 5.13 Å². The Morgan fingerprint density at radius 3 is 2.94 bits per heavy atom. The number of carbonyl (C=O) groups excluding carboxylic acids is 1. The van der Waals surface area contributed by atoms with Gasteiger partial charge in [-0.25, -0.2) is 0 Å². The lowest BCUT2D eigenvalue weighted by Gasteiger charge is -2.09. The minimum atomic E-state index is -0.107. The van der Waals surface area contributed by atoms with Gasteiger partial charge in [0, 0.05) is 13.1 Å². The molecule has 1 unspecified atom stereocenters. The molecule has 0 aromatic carbocycles. The fourth-order valence-corrected chi connectivity index (χ4v) is 2.47. The second-order valence-corrected chi connectivity index (χ2v) is 5.84. The summed E-state index contributed by atoms with van der Waals surface area (Å²) >= 11 is 1.31. The summed E-state index contributed by atoms with van der Waals surface area (Å²) in [6, 6.07) is 0. The Bertz CT molecular complexity index is 403. The van der Waals surface area contributed by atoms with Gasteiger partial charge >= 0.3 is 0 Å². The number of aromatic nitrogens is 2. The van der Waals surface area contributed by atoms with E-state index >= 15 is 0 Å². The summed E-state index contributed by atoms with van der Waals surface area (Å²) in [6.07, 6.45) is 3.64. The second kappa shape index (κ2) is 6.13. The van der Waals surface area contributed by atoms with E-state index in [1.54, 1.807) is 0 Å². The maximum absolute atomic E-state index is 11.8. The molecule has 2 rings (SSSR count). The first-order chi connectivity index (χ1) is 8.70. The van der Waals surface area contributed by atoms with Crippen LogP contribution in [0.3, 0.4) is 0 Å². The zero-order valence-electron chi connectivity index (χ0n) is 10.9. The molecule has 1 aliphatic carbocycles. The Morgan fingerprint density at radius 1 is 1.50 bits per heavy atom. The molecular formula is C12H20N4OS. The number of rotatable bonds is 7. The van der Waals surface area contributed by atoms with Gasteiger partial charge in [-0.15, -0.1) is 10.2 Å². The van der Waals surface area contributed by atoms with Crippen molar-refractivity contribution in [1.29, 1.82) is 0 Å². The molecule has 0 aliphatic heterocycles. The van der Waals surface area contributed by atoms with Crippen molar-refractivity contribution >= 4 is 22.4 Å². The predicted molar refractivity (Wildman–Crippen MR) is 72.9 cm³/mol. The molecule has 0 saturated heterocycles. The summed E-state index contributed by atoms with van der Waals surface area (Å²) in [6.45, 7) is 5.86. The summed E-state index contributed by atoms with van der Waals surface area (Å²) in [4.78, 5) is 11.8. The van der Waals surface area contributed by atoms with E-state index in [0.717, 1.165) is 30.6 Å². The van der Waals surface area contributed by atoms with Gasteiger partial charge in [0.05, 0.1) is 0 Å². The highest BCUT2D eigenvalue weighted by molar-refractivity contribution is 7.17. The van der Waals surface area contributed by atoms with Crippen molar-refractivity contribution in [2.75, 3.05) is 18.4 Å². The highest BCUT2D eigenvalue weighted by atomic mass is 32.1. The molecule has 1 aromatic heterocycles. The summed E-state index contributed by atoms with van der Waals surface area (Å²) < 4.78 is 0. The standard InChI is InChI=1S/C12H20N4OS/c1-3-6-13-12-16-15-11(18-12)10(17)14-7-8(2)9-4-5-9/h8-9H,3-7H2,1-2H3,(H,13,16)(H,14,17). The fraction of sp³-hybridized carbons (Fsp3) is 0.750. The predicted octanol–water partition coefficient (Wildman–Crippen LogP) is 2.14. The van der Waals surface area contributed by atoms with Gasteiger partial charge in [-0.2, -0.15) is 0 Å². The third-order valence-electron chi connectivity index (χ3n) is 3.16. The van der Waals surface area contributed by atoms with Gasteiger partial charge in [-0.1, -0.05) is 25.2 Å². The average Bonchev–Trinajstić information content (AvgIpc) is 3.12. The van der Waals surface area contributed by atoms with Crippen LogP contribution in [0, 0.1) is 11.8 Å². The third kappa shape index (κ3) is 3.66. The van der Waals surface area contributed by atoms with E-state index in [9.17, 15) is 4.79 Å². The molecule has 1 fully saturated rings. The van der Waals surface area contributed by atoms with Crippen LogP contribution in [-0.2, 0) is 0 Å². The van der Waals surface area contributed by atoms with E-state index in [-0.39, 0.29) is 5.91 Å². The maximum Gasteiger partial charge on any atom is 0.282 e. The molecule has 1 aliphatic rings. The summed E-state index contributed by atoms with van der Waals surface area (Å²) in [5.74, 6) is 1.27. The summed E-state index contributed by atoms with van der Waals surface area (Å²) in [5, 5.41) is 15.1. The van der Waals surface area contributed by atoms with Gasteiger partial charge in [0.2, 0.25) is 10.1 Å². The molecule has 100 valence electrons. The minimum absolute atomic E-state index is 0.107. The Balaban J connectivity index is 1.78. The highest BCUT2D eigenvalue weighted by Gasteiger charge is 2.28. The number of anilines is 1. The largest absolute Gasteiger partial charge is 0.360 e. The average molecular weight is 268 g/mol. The molecule has 0 radical (unpaired) electrons. The number of hydrogen-bond donors (Lipinski definition) is 2. The van der Waals surface area contributed by atoms with Gasteiger partial charge in [-0.05, 0) is 31.1 Å². The number of amides is 1. The summed E-state index contributed by atoms with van der Waals surface area (Å²) in [7, 11) is 0. The molecule has 0 bridgehead atoms. The van der Waals surface area contributed by atoms with Gasteiger partial charge in [-0.3, -0.25) is 4.79 Å². The van der Waals surface area contributed by atoms with Crippen LogP contribution < -0.4 is 10.6 Å². The molecule has 1 saturated carbocycles. The van der Waals surface area contributed by atoms with Crippen molar-refractivity contribution in [3.63, 3.8) is 0 Å². The van der Waals surface area contributed by atoms with Gasteiger partial charge < -0.3 is 10.6 Å². The van der Waals surface area contributed by atoms with E-state index in [4.69, 9.17) is 0 Å². The molecule has 2 N–H and O–H groups in total. The van der Waals surface area contributed by atoms with Crippen LogP contribution in [0.15, 0.2) is 0 Å². The van der Waals surface area contributed by atoms with Crippen LogP contribution >= 0.6 is 11.3 Å². The van der Waals surface area contributed by atoms with E-state index in [1.807, 2.05) is 0 Å². The Labute approximate surface area is 111 Å². The second-order valence-electron chi connectivity index (χ2n) is 4.86. The van der Waals surface area contributed by atoms with Crippen LogP contribution in [0.25, 0.3) is 0 Å². The van der Waals surface area contributed by atoms with Crippen molar-refractivity contribution in [2.45, 2.75) is 33.1 Å². The first kappa shape index (κ1) is 13.3. The van der Waals surface area contributed by atoms with Gasteiger partial charge in [0.25, 0.3) is 5.91 Å². The third-order valence-corrected chi connectivity index (χ3v) is 4.04. The van der Waals surface area contributed by atoms with E-state index in [2.05, 4.69) is 34.7 Å². The smallest absolute Gasteiger partial charge is 0.282 e. The molecule has 18 heavy (non-hydrogen) atoms. The number of hydrogen-bond acceptors (Lipinski definition) is 5. The molecule has 6 heteroatoms. The first-order valence-electron chi connectivity index (χ1n) is 6.56. The number of nitrogens with zero attached hydrogens (tertiary/aromatic N) is 2. The van der Waals surface area contributed by atoms with Crippen molar-refractivity contribution in [3.05, 3.63) is 5.01 Å². The minimum Gasteiger partial charge on any atom is -0.360 e. The lowest BCUT2D eigenvalue weighted by atomic mass is 10.1. The van der Waals surface area contributed by atoms with Crippen molar-refractivity contribution in [2.24, 2.45) is 11.8 Å². The van der Waals surface area contributed by atoms with Crippen molar-refractivity contribution in [3.8, 4) is 0 Å². The lowest BCUT2D eigenvalue weighted by molar-refractivity contribution is 0.0945. The first-order valence-corrected chi connectivity index (χ1v) is 7.38. The van der Waals surface area contributed by atoms with E-state index in [0.29, 0.717) is 10.9 Å². The quantitative estimate of drug-likeness (QED) is 0.795. The molecule has 5 nitrogen and oxygen atoms in total. The van der Waals surface area contributed by atoms with Crippen LogP contribution in [0.2, 0.25) is 0 Å². The zero-order chi connectivity index (χ0) is 13.0. The number of carbonyl (C=O) groups is 1. The molecule has 1 aromatic rings. The normalized spacial score (nSPS) is 16.3. The Hall–Kier alpha value is -1.17. The maximum atomic E-state index is 11.8. The highest BCUT2D eigenvalue weighted by Crippen LogP contribution is 2.36. The molecule has 1 heterocycles. The van der Waals surface area contributed by atoms with Crippen LogP contribution in [-0.4, -0.2) is 29.2 Å². The Kier molecular flexibility index (Phi) is 4.52. The molecule has 0 spiro atoms. The monoisotopic (exact) mass is 268 g/mol. The van der Waals surface area contributed by atoms with Crippen molar-refractivity contribution in [1.82, 2.24) is 15.5 Å². The van der Waals surface area contributed by atoms with Gasteiger partial charge in [0.1, 0.15) is 0 Å². The Morgan fingerprint density at radius 2 is 2.28 bits per heavy atom. The van der Waals surface area contributed by atoms with Crippen molar-refractivity contribution < 1.29 is 4.79 Å². The molecule has 1 atom stereocenters. The fourth-order valence-electron chi connectivity index (χ4n) is 1.78. The summed E-state index contributed by atoms with van der Waals surface area (Å²) in [5.41, 5.74) is 0. The zero-order valence-corrected chi connectivity index (χ0v) is 11.7. The molecule has 1 amide bonds. The SMILES string of the molecule is CCCNc1nnc(C(=O)NCC(C)C2CC2)s1. The van der Waals surface area contributed by atoms with Crippen LogP contribution in [0.5, 0.6) is 0 Å². The van der Waals surface area contributed by atoms with E-state index in [1.165, 1.54) is 24.2 Å².